The van der Waals surface area contributed by atoms with Crippen molar-refractivity contribution in [3.63, 3.8) is 0 Å². The van der Waals surface area contributed by atoms with Crippen LogP contribution in [-0.2, 0) is 16.1 Å². The summed E-state index contributed by atoms with van der Waals surface area (Å²) in [5, 5.41) is 2.98. The lowest BCUT2D eigenvalue weighted by atomic mass is 10.1. The highest BCUT2D eigenvalue weighted by molar-refractivity contribution is 7.99. The zero-order valence-electron chi connectivity index (χ0n) is 18.8. The first-order valence-corrected chi connectivity index (χ1v) is 11.6. The number of rotatable bonds is 10. The maximum Gasteiger partial charge on any atom is 0.243 e. The molecule has 2 aromatic carbocycles. The third-order valence-corrected chi connectivity index (χ3v) is 6.04. The number of nitrogens with one attached hydrogen (secondary N) is 1. The Morgan fingerprint density at radius 1 is 1.03 bits per heavy atom. The van der Waals surface area contributed by atoms with Gasteiger partial charge < -0.3 is 10.2 Å². The minimum absolute atomic E-state index is 0.0172. The summed E-state index contributed by atoms with van der Waals surface area (Å²) >= 11 is 1.67. The number of aryl methyl sites for hydroxylation is 2. The zero-order valence-corrected chi connectivity index (χ0v) is 19.6. The topological polar surface area (TPSA) is 49.4 Å². The minimum Gasteiger partial charge on any atom is -0.352 e. The second-order valence-corrected chi connectivity index (χ2v) is 9.12. The van der Waals surface area contributed by atoms with Gasteiger partial charge >= 0.3 is 0 Å². The first-order chi connectivity index (χ1) is 14.3. The summed E-state index contributed by atoms with van der Waals surface area (Å²) in [6, 6.07) is 15.9. The van der Waals surface area contributed by atoms with Crippen molar-refractivity contribution in [2.75, 3.05) is 5.75 Å². The lowest BCUT2D eigenvalue weighted by molar-refractivity contribution is -0.141. The second kappa shape index (κ2) is 11.8. The van der Waals surface area contributed by atoms with Crippen LogP contribution in [0.5, 0.6) is 0 Å². The number of amides is 2. The molecular formula is C25H34N2O2S. The fraction of sp³-hybridized carbons (Fsp3) is 0.440. The number of carbonyl (C=O) groups is 2. The third-order valence-electron chi connectivity index (χ3n) is 5.02. The number of thioether (sulfide) groups is 1. The average Bonchev–Trinajstić information content (AvgIpc) is 2.70. The minimum atomic E-state index is -0.469. The van der Waals surface area contributed by atoms with Gasteiger partial charge in [-0.15, -0.1) is 11.8 Å². The van der Waals surface area contributed by atoms with Crippen LogP contribution in [0.4, 0.5) is 0 Å². The van der Waals surface area contributed by atoms with E-state index in [1.807, 2.05) is 52.0 Å². The fourth-order valence-electron chi connectivity index (χ4n) is 3.31. The van der Waals surface area contributed by atoms with Crippen molar-refractivity contribution in [1.29, 1.82) is 0 Å². The van der Waals surface area contributed by atoms with E-state index in [9.17, 15) is 9.59 Å². The maximum absolute atomic E-state index is 13.2. The molecule has 1 atom stereocenters. The molecule has 30 heavy (non-hydrogen) atoms. The Balaban J connectivity index is 2.13. The normalized spacial score (nSPS) is 11.9. The Bertz CT molecular complexity index is 833. The first kappa shape index (κ1) is 24.0. The van der Waals surface area contributed by atoms with Crippen LogP contribution in [0, 0.1) is 13.8 Å². The van der Waals surface area contributed by atoms with E-state index in [-0.39, 0.29) is 17.9 Å². The lowest BCUT2D eigenvalue weighted by Gasteiger charge is -2.31. The Morgan fingerprint density at radius 2 is 1.70 bits per heavy atom. The lowest BCUT2D eigenvalue weighted by Crippen LogP contribution is -2.50. The molecule has 0 saturated heterocycles. The summed E-state index contributed by atoms with van der Waals surface area (Å²) in [6.07, 6.45) is 0.983. The molecule has 0 saturated carbocycles. The van der Waals surface area contributed by atoms with Crippen LogP contribution in [0.3, 0.4) is 0 Å². The van der Waals surface area contributed by atoms with Crippen molar-refractivity contribution in [1.82, 2.24) is 10.2 Å². The first-order valence-electron chi connectivity index (χ1n) is 10.7. The Labute approximate surface area is 185 Å². The molecule has 0 aromatic heterocycles. The molecule has 0 aliphatic heterocycles. The maximum atomic E-state index is 13.2. The highest BCUT2D eigenvalue weighted by atomic mass is 32.2. The van der Waals surface area contributed by atoms with Crippen LogP contribution in [0.25, 0.3) is 0 Å². The van der Waals surface area contributed by atoms with E-state index in [1.54, 1.807) is 16.7 Å². The monoisotopic (exact) mass is 426 g/mol. The van der Waals surface area contributed by atoms with Crippen LogP contribution in [0.1, 0.15) is 50.3 Å². The van der Waals surface area contributed by atoms with E-state index >= 15 is 0 Å². The summed E-state index contributed by atoms with van der Waals surface area (Å²) in [5.74, 6) is 0.623. The van der Waals surface area contributed by atoms with Gasteiger partial charge in [0.05, 0.1) is 0 Å². The second-order valence-electron chi connectivity index (χ2n) is 7.95. The molecule has 4 nitrogen and oxygen atoms in total. The van der Waals surface area contributed by atoms with Gasteiger partial charge in [-0.2, -0.15) is 0 Å². The van der Waals surface area contributed by atoms with Gasteiger partial charge in [-0.25, -0.2) is 0 Å². The Kier molecular flexibility index (Phi) is 9.44. The van der Waals surface area contributed by atoms with Crippen molar-refractivity contribution in [3.8, 4) is 0 Å². The van der Waals surface area contributed by atoms with Crippen LogP contribution in [-0.4, -0.2) is 34.6 Å². The van der Waals surface area contributed by atoms with Crippen molar-refractivity contribution in [3.05, 3.63) is 65.2 Å². The SMILES string of the molecule is CCC(C(=O)NC(C)C)N(Cc1ccccc1C)C(=O)CCSc1ccc(C)cc1. The molecule has 2 rings (SSSR count). The zero-order chi connectivity index (χ0) is 22.1. The van der Waals surface area contributed by atoms with Gasteiger partial charge in [0.1, 0.15) is 6.04 Å². The van der Waals surface area contributed by atoms with Gasteiger partial charge in [0.25, 0.3) is 0 Å². The van der Waals surface area contributed by atoms with Crippen LogP contribution >= 0.6 is 11.8 Å². The number of hydrogen-bond acceptors (Lipinski definition) is 3. The van der Waals surface area contributed by atoms with Gasteiger partial charge in [0, 0.05) is 29.7 Å². The number of hydrogen-bond donors (Lipinski definition) is 1. The average molecular weight is 427 g/mol. The van der Waals surface area contributed by atoms with E-state index in [4.69, 9.17) is 0 Å². The van der Waals surface area contributed by atoms with Crippen molar-refractivity contribution in [2.45, 2.75) is 71.0 Å². The summed E-state index contributed by atoms with van der Waals surface area (Å²) in [5.41, 5.74) is 3.43. The summed E-state index contributed by atoms with van der Waals surface area (Å²) in [7, 11) is 0. The van der Waals surface area contributed by atoms with E-state index < -0.39 is 6.04 Å². The number of benzene rings is 2. The molecule has 1 unspecified atom stereocenters. The predicted molar refractivity (Wildman–Crippen MR) is 126 cm³/mol. The number of nitrogens with zero attached hydrogens (tertiary/aromatic N) is 1. The fourth-order valence-corrected chi connectivity index (χ4v) is 4.15. The molecule has 0 bridgehead atoms. The quantitative estimate of drug-likeness (QED) is 0.537. The van der Waals surface area contributed by atoms with E-state index in [2.05, 4.69) is 36.5 Å². The molecule has 0 radical (unpaired) electrons. The highest BCUT2D eigenvalue weighted by Gasteiger charge is 2.28. The van der Waals surface area contributed by atoms with Crippen molar-refractivity contribution in [2.24, 2.45) is 0 Å². The van der Waals surface area contributed by atoms with Gasteiger partial charge in [-0.1, -0.05) is 48.9 Å². The van der Waals surface area contributed by atoms with Gasteiger partial charge in [-0.05, 0) is 57.4 Å². The molecule has 0 aliphatic rings. The smallest absolute Gasteiger partial charge is 0.243 e. The molecule has 0 fully saturated rings. The van der Waals surface area contributed by atoms with Crippen LogP contribution in [0.15, 0.2) is 53.4 Å². The summed E-state index contributed by atoms with van der Waals surface area (Å²) < 4.78 is 0. The molecule has 0 spiro atoms. The van der Waals surface area contributed by atoms with Gasteiger partial charge in [0.15, 0.2) is 0 Å². The molecule has 162 valence electrons. The highest BCUT2D eigenvalue weighted by Crippen LogP contribution is 2.21. The molecule has 2 amide bonds. The predicted octanol–water partition coefficient (Wildman–Crippen LogP) is 5.12. The van der Waals surface area contributed by atoms with Crippen LogP contribution in [0.2, 0.25) is 0 Å². The summed E-state index contributed by atoms with van der Waals surface area (Å²) in [4.78, 5) is 29.0. The standard InChI is InChI=1S/C25H34N2O2S/c1-6-23(25(29)26-18(2)3)27(17-21-10-8-7-9-20(21)5)24(28)15-16-30-22-13-11-19(4)12-14-22/h7-14,18,23H,6,15-17H2,1-5H3,(H,26,29). The molecule has 2 aromatic rings. The van der Waals surface area contributed by atoms with E-state index in [0.717, 1.165) is 16.0 Å². The van der Waals surface area contributed by atoms with E-state index in [1.165, 1.54) is 5.56 Å². The molecule has 1 N–H and O–H groups in total. The van der Waals surface area contributed by atoms with Gasteiger partial charge in [-0.3, -0.25) is 9.59 Å². The largest absolute Gasteiger partial charge is 0.352 e. The van der Waals surface area contributed by atoms with E-state index in [0.29, 0.717) is 25.1 Å². The number of carbonyl (C=O) groups excluding carboxylic acids is 2. The molecule has 5 heteroatoms. The molecular weight excluding hydrogens is 392 g/mol. The summed E-state index contributed by atoms with van der Waals surface area (Å²) in [6.45, 7) is 10.4. The molecule has 0 heterocycles. The van der Waals surface area contributed by atoms with Crippen molar-refractivity contribution < 1.29 is 9.59 Å². The van der Waals surface area contributed by atoms with Crippen molar-refractivity contribution >= 4 is 23.6 Å². The Morgan fingerprint density at radius 3 is 2.30 bits per heavy atom. The van der Waals surface area contributed by atoms with Crippen LogP contribution < -0.4 is 5.32 Å². The Hall–Kier alpha value is -2.27. The molecule has 0 aliphatic carbocycles. The third kappa shape index (κ3) is 7.21. The van der Waals surface area contributed by atoms with Gasteiger partial charge in [0.2, 0.25) is 11.8 Å².